The molecule has 2 nitrogen and oxygen atoms in total. The molecular weight excluding hydrogens is 150 g/mol. The third-order valence-electron chi connectivity index (χ3n) is 1.06. The lowest BCUT2D eigenvalue weighted by Gasteiger charge is -1.95. The Balaban J connectivity index is 3.21. The van der Waals surface area contributed by atoms with E-state index < -0.39 is 0 Å². The van der Waals surface area contributed by atoms with Crippen LogP contribution in [0.3, 0.4) is 0 Å². The van der Waals surface area contributed by atoms with Gasteiger partial charge < -0.3 is 5.11 Å². The molecule has 0 aliphatic carbocycles. The summed E-state index contributed by atoms with van der Waals surface area (Å²) in [5, 5.41) is 9.40. The first-order valence-corrected chi connectivity index (χ1v) is 3.10. The molecule has 0 spiro atoms. The van der Waals surface area contributed by atoms with Gasteiger partial charge in [0, 0.05) is 0 Å². The Labute approximate surface area is 63.8 Å². The van der Waals surface area contributed by atoms with E-state index in [-0.39, 0.29) is 5.75 Å². The lowest BCUT2D eigenvalue weighted by molar-refractivity contribution is 0.471. The molecule has 1 aromatic rings. The molecule has 0 amide bonds. The van der Waals surface area contributed by atoms with Crippen molar-refractivity contribution in [1.29, 1.82) is 0 Å². The Morgan fingerprint density at radius 3 is 2.80 bits per heavy atom. The summed E-state index contributed by atoms with van der Waals surface area (Å²) in [5.74, 6) is 0.0967. The predicted molar refractivity (Wildman–Crippen MR) is 41.0 cm³/mol. The third kappa shape index (κ3) is 1.28. The van der Waals surface area contributed by atoms with E-state index in [1.165, 1.54) is 18.2 Å². The van der Waals surface area contributed by atoms with Crippen molar-refractivity contribution in [2.45, 2.75) is 0 Å². The van der Waals surface area contributed by atoms with Gasteiger partial charge in [0.25, 0.3) is 0 Å². The Hall–Kier alpha value is -1.02. The van der Waals surface area contributed by atoms with Crippen LogP contribution in [0.1, 0.15) is 5.69 Å². The predicted octanol–water partition coefficient (Wildman–Crippen LogP) is 2.08. The van der Waals surface area contributed by atoms with Crippen LogP contribution in [-0.2, 0) is 0 Å². The minimum absolute atomic E-state index is 0.0967. The summed E-state index contributed by atoms with van der Waals surface area (Å²) in [6.45, 7) is 3.45. The van der Waals surface area contributed by atoms with Crippen molar-refractivity contribution < 1.29 is 5.11 Å². The number of aromatic nitrogens is 1. The number of nitrogens with zero attached hydrogens (tertiary/aromatic N) is 1. The molecule has 0 bridgehead atoms. The van der Waals surface area contributed by atoms with Gasteiger partial charge in [-0.05, 0) is 18.2 Å². The van der Waals surface area contributed by atoms with E-state index in [1.54, 1.807) is 0 Å². The van der Waals surface area contributed by atoms with Crippen molar-refractivity contribution in [3.63, 3.8) is 0 Å². The van der Waals surface area contributed by atoms with Crippen LogP contribution in [0.5, 0.6) is 5.75 Å². The Morgan fingerprint density at radius 1 is 1.60 bits per heavy atom. The van der Waals surface area contributed by atoms with Crippen LogP contribution >= 0.6 is 11.6 Å². The molecule has 1 N–H and O–H groups in total. The molecular formula is C7H6ClNO. The molecule has 0 saturated heterocycles. The zero-order valence-corrected chi connectivity index (χ0v) is 5.97. The molecule has 0 fully saturated rings. The molecule has 0 unspecified atom stereocenters. The summed E-state index contributed by atoms with van der Waals surface area (Å²) >= 11 is 5.53. The molecule has 52 valence electrons. The third-order valence-corrected chi connectivity index (χ3v) is 1.27. The second-order valence-electron chi connectivity index (χ2n) is 1.74. The van der Waals surface area contributed by atoms with Gasteiger partial charge >= 0.3 is 0 Å². The van der Waals surface area contributed by atoms with E-state index in [9.17, 15) is 0 Å². The summed E-state index contributed by atoms with van der Waals surface area (Å²) in [6, 6.07) is 3.00. The zero-order chi connectivity index (χ0) is 7.56. The minimum atomic E-state index is 0.0967. The van der Waals surface area contributed by atoms with E-state index in [2.05, 4.69) is 11.6 Å². The number of aromatic hydroxyl groups is 1. The lowest BCUT2D eigenvalue weighted by atomic mass is 10.3. The normalized spacial score (nSPS) is 9.30. The number of halogens is 1. The van der Waals surface area contributed by atoms with E-state index in [0.29, 0.717) is 10.8 Å². The standard InChI is InChI=1S/C7H6ClNO/c1-2-5-6(10)3-4-7(8)9-5/h2-4,10H,1H2. The summed E-state index contributed by atoms with van der Waals surface area (Å²) in [6.07, 6.45) is 1.45. The van der Waals surface area contributed by atoms with Crippen molar-refractivity contribution in [2.24, 2.45) is 0 Å². The smallest absolute Gasteiger partial charge is 0.141 e. The fraction of sp³-hybridized carbons (Fsp3) is 0. The number of pyridine rings is 1. The van der Waals surface area contributed by atoms with E-state index in [1.807, 2.05) is 0 Å². The van der Waals surface area contributed by atoms with Crippen LogP contribution in [0.25, 0.3) is 6.08 Å². The molecule has 0 aliphatic rings. The van der Waals surface area contributed by atoms with Gasteiger partial charge in [0.05, 0.1) is 0 Å². The van der Waals surface area contributed by atoms with Crippen LogP contribution in [-0.4, -0.2) is 10.1 Å². The van der Waals surface area contributed by atoms with Gasteiger partial charge in [0.15, 0.2) is 0 Å². The van der Waals surface area contributed by atoms with Gasteiger partial charge in [-0.15, -0.1) is 0 Å². The average molecular weight is 156 g/mol. The van der Waals surface area contributed by atoms with Gasteiger partial charge in [-0.1, -0.05) is 18.2 Å². The van der Waals surface area contributed by atoms with Gasteiger partial charge in [-0.2, -0.15) is 0 Å². The quantitative estimate of drug-likeness (QED) is 0.630. The monoisotopic (exact) mass is 155 g/mol. The van der Waals surface area contributed by atoms with Crippen LogP contribution in [0.15, 0.2) is 18.7 Å². The topological polar surface area (TPSA) is 33.1 Å². The number of hydrogen-bond acceptors (Lipinski definition) is 2. The van der Waals surface area contributed by atoms with Gasteiger partial charge in [0.2, 0.25) is 0 Å². The second-order valence-corrected chi connectivity index (χ2v) is 2.13. The fourth-order valence-corrected chi connectivity index (χ4v) is 0.747. The molecule has 1 heterocycles. The van der Waals surface area contributed by atoms with Crippen LogP contribution in [0.4, 0.5) is 0 Å². The number of rotatable bonds is 1. The maximum absolute atomic E-state index is 9.04. The minimum Gasteiger partial charge on any atom is -0.506 e. The van der Waals surface area contributed by atoms with E-state index in [0.717, 1.165) is 0 Å². The average Bonchev–Trinajstić information content (AvgIpc) is 1.94. The SMILES string of the molecule is C=Cc1nc(Cl)ccc1O. The molecule has 0 aliphatic heterocycles. The van der Waals surface area contributed by atoms with Crippen molar-refractivity contribution in [2.75, 3.05) is 0 Å². The summed E-state index contributed by atoms with van der Waals surface area (Å²) in [5.41, 5.74) is 0.410. The van der Waals surface area contributed by atoms with Gasteiger partial charge in [-0.3, -0.25) is 0 Å². The van der Waals surface area contributed by atoms with Crippen molar-refractivity contribution in [3.05, 3.63) is 29.6 Å². The molecule has 0 radical (unpaired) electrons. The van der Waals surface area contributed by atoms with Crippen molar-refractivity contribution in [3.8, 4) is 5.75 Å². The summed E-state index contributed by atoms with van der Waals surface area (Å²) < 4.78 is 0. The maximum Gasteiger partial charge on any atom is 0.141 e. The first-order valence-electron chi connectivity index (χ1n) is 2.72. The van der Waals surface area contributed by atoms with E-state index in [4.69, 9.17) is 16.7 Å². The summed E-state index contributed by atoms with van der Waals surface area (Å²) in [7, 11) is 0. The first-order chi connectivity index (χ1) is 4.74. The van der Waals surface area contributed by atoms with Gasteiger partial charge in [0.1, 0.15) is 16.6 Å². The largest absolute Gasteiger partial charge is 0.506 e. The highest BCUT2D eigenvalue weighted by molar-refractivity contribution is 6.29. The first kappa shape index (κ1) is 7.09. The van der Waals surface area contributed by atoms with E-state index >= 15 is 0 Å². The van der Waals surface area contributed by atoms with Gasteiger partial charge in [-0.25, -0.2) is 4.98 Å². The van der Waals surface area contributed by atoms with Crippen LogP contribution in [0.2, 0.25) is 5.15 Å². The molecule has 0 saturated carbocycles. The molecule has 1 rings (SSSR count). The fourth-order valence-electron chi connectivity index (χ4n) is 0.593. The lowest BCUT2D eigenvalue weighted by Crippen LogP contribution is -1.80. The highest BCUT2D eigenvalue weighted by Crippen LogP contribution is 2.17. The molecule has 3 heteroatoms. The molecule has 10 heavy (non-hydrogen) atoms. The molecule has 0 atom stereocenters. The highest BCUT2D eigenvalue weighted by atomic mass is 35.5. The van der Waals surface area contributed by atoms with Crippen LogP contribution in [0, 0.1) is 0 Å². The molecule has 1 aromatic heterocycles. The molecule has 0 aromatic carbocycles. The van der Waals surface area contributed by atoms with Crippen molar-refractivity contribution >= 4 is 17.7 Å². The highest BCUT2D eigenvalue weighted by Gasteiger charge is 1.97. The maximum atomic E-state index is 9.04. The van der Waals surface area contributed by atoms with Crippen LogP contribution < -0.4 is 0 Å². The Bertz CT molecular complexity index is 260. The number of hydrogen-bond donors (Lipinski definition) is 1. The van der Waals surface area contributed by atoms with Crippen molar-refractivity contribution in [1.82, 2.24) is 4.98 Å². The Morgan fingerprint density at radius 2 is 2.30 bits per heavy atom. The second kappa shape index (κ2) is 2.71. The summed E-state index contributed by atoms with van der Waals surface area (Å²) in [4.78, 5) is 3.79. The zero-order valence-electron chi connectivity index (χ0n) is 5.21. The Kier molecular flexibility index (Phi) is 1.92.